The molecule has 0 saturated carbocycles. The predicted octanol–water partition coefficient (Wildman–Crippen LogP) is 1.83. The SMILES string of the molecule is CN=C(NCCCOC)NCCC(C)N(C)C(=O)OC(C)(C)C. The summed E-state index contributed by atoms with van der Waals surface area (Å²) in [5, 5.41) is 6.45. The smallest absolute Gasteiger partial charge is 0.410 e. The molecule has 0 radical (unpaired) electrons. The van der Waals surface area contributed by atoms with E-state index in [1.165, 1.54) is 0 Å². The number of hydrogen-bond donors (Lipinski definition) is 2. The molecule has 136 valence electrons. The molecule has 0 heterocycles. The monoisotopic (exact) mass is 330 g/mol. The number of carbonyl (C=O) groups excluding carboxylic acids is 1. The number of rotatable bonds is 8. The van der Waals surface area contributed by atoms with Crippen molar-refractivity contribution < 1.29 is 14.3 Å². The summed E-state index contributed by atoms with van der Waals surface area (Å²) in [7, 11) is 5.19. The average Bonchev–Trinajstić information content (AvgIpc) is 2.46. The maximum atomic E-state index is 12.0. The van der Waals surface area contributed by atoms with Crippen LogP contribution in [0.4, 0.5) is 4.79 Å². The van der Waals surface area contributed by atoms with Gasteiger partial charge in [-0.25, -0.2) is 4.79 Å². The van der Waals surface area contributed by atoms with Gasteiger partial charge in [-0.1, -0.05) is 0 Å². The van der Waals surface area contributed by atoms with Gasteiger partial charge in [-0.3, -0.25) is 4.99 Å². The molecule has 1 atom stereocenters. The summed E-state index contributed by atoms with van der Waals surface area (Å²) < 4.78 is 10.4. The van der Waals surface area contributed by atoms with Crippen molar-refractivity contribution >= 4 is 12.1 Å². The van der Waals surface area contributed by atoms with Crippen molar-refractivity contribution in [2.45, 2.75) is 52.2 Å². The van der Waals surface area contributed by atoms with Crippen molar-refractivity contribution in [2.24, 2.45) is 4.99 Å². The van der Waals surface area contributed by atoms with E-state index in [1.807, 2.05) is 27.7 Å². The minimum Gasteiger partial charge on any atom is -0.444 e. The summed E-state index contributed by atoms with van der Waals surface area (Å²) in [6.07, 6.45) is 1.43. The molecular weight excluding hydrogens is 296 g/mol. The summed E-state index contributed by atoms with van der Waals surface area (Å²) in [5.41, 5.74) is -0.475. The number of ether oxygens (including phenoxy) is 2. The number of methoxy groups -OCH3 is 1. The van der Waals surface area contributed by atoms with Crippen molar-refractivity contribution in [3.8, 4) is 0 Å². The van der Waals surface area contributed by atoms with Crippen LogP contribution in [-0.2, 0) is 9.47 Å². The normalized spacial score (nSPS) is 13.4. The number of nitrogens with zero attached hydrogens (tertiary/aromatic N) is 2. The lowest BCUT2D eigenvalue weighted by Crippen LogP contribution is -2.43. The first-order valence-corrected chi connectivity index (χ1v) is 8.10. The van der Waals surface area contributed by atoms with Crippen LogP contribution in [0.15, 0.2) is 4.99 Å². The van der Waals surface area contributed by atoms with E-state index in [1.54, 1.807) is 26.1 Å². The first-order chi connectivity index (χ1) is 10.7. The Bertz CT molecular complexity index is 367. The van der Waals surface area contributed by atoms with E-state index in [-0.39, 0.29) is 12.1 Å². The standard InChI is InChI=1S/C16H34N4O3/c1-13(20(6)15(21)23-16(2,3)4)9-11-19-14(17-5)18-10-8-12-22-7/h13H,8-12H2,1-7H3,(H2,17,18,19). The molecule has 0 rings (SSSR count). The quantitative estimate of drug-likeness (QED) is 0.403. The van der Waals surface area contributed by atoms with E-state index >= 15 is 0 Å². The molecule has 0 aliphatic carbocycles. The lowest BCUT2D eigenvalue weighted by Gasteiger charge is -2.28. The van der Waals surface area contributed by atoms with Crippen LogP contribution in [0.3, 0.4) is 0 Å². The highest BCUT2D eigenvalue weighted by Gasteiger charge is 2.22. The minimum atomic E-state index is -0.475. The van der Waals surface area contributed by atoms with Crippen LogP contribution in [0.2, 0.25) is 0 Å². The van der Waals surface area contributed by atoms with Crippen LogP contribution in [0.25, 0.3) is 0 Å². The second-order valence-corrected chi connectivity index (χ2v) is 6.50. The number of carbonyl (C=O) groups is 1. The molecule has 2 N–H and O–H groups in total. The molecule has 1 amide bonds. The summed E-state index contributed by atoms with van der Waals surface area (Å²) in [4.78, 5) is 17.8. The molecule has 23 heavy (non-hydrogen) atoms. The Labute approximate surface area is 140 Å². The van der Waals surface area contributed by atoms with Crippen LogP contribution in [0.1, 0.15) is 40.5 Å². The first kappa shape index (κ1) is 21.5. The van der Waals surface area contributed by atoms with Crippen LogP contribution < -0.4 is 10.6 Å². The van der Waals surface area contributed by atoms with Crippen LogP contribution in [-0.4, -0.2) is 69.5 Å². The van der Waals surface area contributed by atoms with Gasteiger partial charge in [0.25, 0.3) is 0 Å². The molecule has 7 nitrogen and oxygen atoms in total. The number of amides is 1. The molecule has 0 fully saturated rings. The lowest BCUT2D eigenvalue weighted by molar-refractivity contribution is 0.0230. The maximum absolute atomic E-state index is 12.0. The highest BCUT2D eigenvalue weighted by Crippen LogP contribution is 2.11. The molecule has 0 spiro atoms. The Hall–Kier alpha value is -1.50. The summed E-state index contributed by atoms with van der Waals surface area (Å²) in [6, 6.07) is 0.0731. The lowest BCUT2D eigenvalue weighted by atomic mass is 10.2. The second kappa shape index (κ2) is 11.1. The molecule has 0 aromatic rings. The van der Waals surface area contributed by atoms with Gasteiger partial charge in [0, 0.05) is 46.9 Å². The van der Waals surface area contributed by atoms with Crippen molar-refractivity contribution in [1.82, 2.24) is 15.5 Å². The van der Waals surface area contributed by atoms with Gasteiger partial charge in [0.1, 0.15) is 5.60 Å². The zero-order chi connectivity index (χ0) is 17.9. The fourth-order valence-electron chi connectivity index (χ4n) is 1.75. The molecule has 7 heteroatoms. The van der Waals surface area contributed by atoms with E-state index in [0.29, 0.717) is 0 Å². The van der Waals surface area contributed by atoms with Crippen LogP contribution >= 0.6 is 0 Å². The zero-order valence-corrected chi connectivity index (χ0v) is 15.7. The Kier molecular flexibility index (Phi) is 10.4. The molecule has 0 aliphatic rings. The second-order valence-electron chi connectivity index (χ2n) is 6.50. The van der Waals surface area contributed by atoms with E-state index in [0.717, 1.165) is 38.5 Å². The predicted molar refractivity (Wildman–Crippen MR) is 93.9 cm³/mol. The summed E-state index contributed by atoms with van der Waals surface area (Å²) in [6.45, 7) is 9.85. The average molecular weight is 330 g/mol. The fourth-order valence-corrected chi connectivity index (χ4v) is 1.75. The number of hydrogen-bond acceptors (Lipinski definition) is 4. The third kappa shape index (κ3) is 10.8. The minimum absolute atomic E-state index is 0.0731. The molecule has 0 bridgehead atoms. The van der Waals surface area contributed by atoms with Crippen molar-refractivity contribution in [2.75, 3.05) is 40.9 Å². The van der Waals surface area contributed by atoms with Crippen LogP contribution in [0.5, 0.6) is 0 Å². The topological polar surface area (TPSA) is 75.2 Å². The molecule has 0 aromatic heterocycles. The van der Waals surface area contributed by atoms with Gasteiger partial charge in [-0.2, -0.15) is 0 Å². The third-order valence-electron chi connectivity index (χ3n) is 3.24. The molecule has 0 saturated heterocycles. The molecular formula is C16H34N4O3. The Morgan fingerprint density at radius 2 is 1.87 bits per heavy atom. The zero-order valence-electron chi connectivity index (χ0n) is 15.7. The van der Waals surface area contributed by atoms with Crippen LogP contribution in [0, 0.1) is 0 Å². The van der Waals surface area contributed by atoms with Gasteiger partial charge in [0.05, 0.1) is 0 Å². The first-order valence-electron chi connectivity index (χ1n) is 8.10. The highest BCUT2D eigenvalue weighted by molar-refractivity contribution is 5.79. The van der Waals surface area contributed by atoms with Gasteiger partial charge >= 0.3 is 6.09 Å². The highest BCUT2D eigenvalue weighted by atomic mass is 16.6. The Morgan fingerprint density at radius 1 is 1.26 bits per heavy atom. The number of nitrogens with one attached hydrogen (secondary N) is 2. The molecule has 0 aliphatic heterocycles. The van der Waals surface area contributed by atoms with Gasteiger partial charge in [-0.15, -0.1) is 0 Å². The van der Waals surface area contributed by atoms with Crippen molar-refractivity contribution in [3.05, 3.63) is 0 Å². The van der Waals surface area contributed by atoms with Gasteiger partial charge in [-0.05, 0) is 40.5 Å². The molecule has 1 unspecified atom stereocenters. The number of guanidine groups is 1. The van der Waals surface area contributed by atoms with E-state index in [2.05, 4.69) is 15.6 Å². The maximum Gasteiger partial charge on any atom is 0.410 e. The van der Waals surface area contributed by atoms with E-state index in [4.69, 9.17) is 9.47 Å². The van der Waals surface area contributed by atoms with Crippen molar-refractivity contribution in [1.29, 1.82) is 0 Å². The fraction of sp³-hybridized carbons (Fsp3) is 0.875. The third-order valence-corrected chi connectivity index (χ3v) is 3.24. The van der Waals surface area contributed by atoms with E-state index < -0.39 is 5.60 Å². The van der Waals surface area contributed by atoms with Crippen molar-refractivity contribution in [3.63, 3.8) is 0 Å². The number of aliphatic imine (C=N–C) groups is 1. The molecule has 0 aromatic carbocycles. The Morgan fingerprint density at radius 3 is 2.39 bits per heavy atom. The van der Waals surface area contributed by atoms with E-state index in [9.17, 15) is 4.79 Å². The largest absolute Gasteiger partial charge is 0.444 e. The van der Waals surface area contributed by atoms with Gasteiger partial charge in [0.15, 0.2) is 5.96 Å². The van der Waals surface area contributed by atoms with Gasteiger partial charge < -0.3 is 25.0 Å². The summed E-state index contributed by atoms with van der Waals surface area (Å²) >= 11 is 0. The Balaban J connectivity index is 4.07. The summed E-state index contributed by atoms with van der Waals surface area (Å²) in [5.74, 6) is 0.758. The van der Waals surface area contributed by atoms with Gasteiger partial charge in [0.2, 0.25) is 0 Å².